The summed E-state index contributed by atoms with van der Waals surface area (Å²) < 4.78 is 1.81. The zero-order chi connectivity index (χ0) is 16.7. The number of benzene rings is 1. The van der Waals surface area contributed by atoms with Crippen LogP contribution in [0.2, 0.25) is 0 Å². The second-order valence-corrected chi connectivity index (χ2v) is 8.40. The molecule has 0 fully saturated rings. The van der Waals surface area contributed by atoms with Gasteiger partial charge in [-0.1, -0.05) is 36.4 Å². The van der Waals surface area contributed by atoms with E-state index in [1.807, 2.05) is 16.7 Å². The smallest absolute Gasteiger partial charge is 0.267 e. The molecule has 124 valence electrons. The average Bonchev–Trinajstić information content (AvgIpc) is 3.14. The van der Waals surface area contributed by atoms with Gasteiger partial charge in [0.25, 0.3) is 5.56 Å². The van der Waals surface area contributed by atoms with Crippen molar-refractivity contribution in [1.29, 1.82) is 0 Å². The summed E-state index contributed by atoms with van der Waals surface area (Å²) in [6, 6.07) is 8.15. The van der Waals surface area contributed by atoms with Crippen LogP contribution >= 0.6 is 23.1 Å². The molecular formula is C19H20N2OS2. The van der Waals surface area contributed by atoms with Gasteiger partial charge in [-0.3, -0.25) is 9.36 Å². The van der Waals surface area contributed by atoms with Crippen molar-refractivity contribution in [3.05, 3.63) is 50.6 Å². The first-order valence-corrected chi connectivity index (χ1v) is 10.3. The standard InChI is InChI=1S/C19H20N2OS2/c1-3-11-23-19-20-17-16(14-5-4-6-15(14)24-17)18(22)21(19)13-9-7-12(2)8-10-13/h7-10H,3-6,11H2,1-2H3. The molecule has 0 bridgehead atoms. The van der Waals surface area contributed by atoms with Gasteiger partial charge in [0.2, 0.25) is 0 Å². The van der Waals surface area contributed by atoms with E-state index in [0.29, 0.717) is 0 Å². The maximum Gasteiger partial charge on any atom is 0.267 e. The summed E-state index contributed by atoms with van der Waals surface area (Å²) >= 11 is 3.39. The van der Waals surface area contributed by atoms with Gasteiger partial charge >= 0.3 is 0 Å². The maximum atomic E-state index is 13.3. The fourth-order valence-corrected chi connectivity index (χ4v) is 5.41. The highest BCUT2D eigenvalue weighted by Crippen LogP contribution is 2.36. The van der Waals surface area contributed by atoms with E-state index in [2.05, 4.69) is 26.0 Å². The molecule has 1 aromatic carbocycles. The van der Waals surface area contributed by atoms with Crippen LogP contribution in [0.1, 0.15) is 35.8 Å². The summed E-state index contributed by atoms with van der Waals surface area (Å²) in [5.41, 5.74) is 3.46. The number of thiophene rings is 1. The van der Waals surface area contributed by atoms with Crippen molar-refractivity contribution in [2.24, 2.45) is 0 Å². The highest BCUT2D eigenvalue weighted by atomic mass is 32.2. The average molecular weight is 357 g/mol. The van der Waals surface area contributed by atoms with Crippen LogP contribution in [-0.4, -0.2) is 15.3 Å². The molecule has 1 aliphatic carbocycles. The van der Waals surface area contributed by atoms with Gasteiger partial charge in [0.05, 0.1) is 11.1 Å². The highest BCUT2D eigenvalue weighted by Gasteiger charge is 2.23. The van der Waals surface area contributed by atoms with Crippen LogP contribution in [0.15, 0.2) is 34.2 Å². The summed E-state index contributed by atoms with van der Waals surface area (Å²) in [7, 11) is 0. The minimum absolute atomic E-state index is 0.0989. The Morgan fingerprint density at radius 1 is 1.25 bits per heavy atom. The largest absolute Gasteiger partial charge is 0.268 e. The lowest BCUT2D eigenvalue weighted by Gasteiger charge is -2.12. The van der Waals surface area contributed by atoms with Crippen LogP contribution in [0.4, 0.5) is 0 Å². The molecule has 2 aromatic heterocycles. The molecule has 5 heteroatoms. The third-order valence-corrected chi connectivity index (χ3v) is 6.77. The summed E-state index contributed by atoms with van der Waals surface area (Å²) in [6.07, 6.45) is 4.33. The van der Waals surface area contributed by atoms with Gasteiger partial charge in [-0.05, 0) is 50.3 Å². The van der Waals surface area contributed by atoms with Gasteiger partial charge in [-0.25, -0.2) is 4.98 Å². The monoisotopic (exact) mass is 356 g/mol. The Balaban J connectivity index is 1.99. The first-order chi connectivity index (χ1) is 11.7. The van der Waals surface area contributed by atoms with Crippen molar-refractivity contribution >= 4 is 33.3 Å². The lowest BCUT2D eigenvalue weighted by molar-refractivity contribution is 0.819. The van der Waals surface area contributed by atoms with Gasteiger partial charge in [0.15, 0.2) is 5.16 Å². The third-order valence-electron chi connectivity index (χ3n) is 4.44. The zero-order valence-electron chi connectivity index (χ0n) is 14.0. The molecule has 24 heavy (non-hydrogen) atoms. The van der Waals surface area contributed by atoms with Gasteiger partial charge in [0, 0.05) is 10.6 Å². The molecular weight excluding hydrogens is 336 g/mol. The van der Waals surface area contributed by atoms with Gasteiger partial charge in [0.1, 0.15) is 4.83 Å². The summed E-state index contributed by atoms with van der Waals surface area (Å²) in [5, 5.41) is 1.67. The normalized spacial score (nSPS) is 13.6. The first-order valence-electron chi connectivity index (χ1n) is 8.46. The number of thioether (sulfide) groups is 1. The van der Waals surface area contributed by atoms with Crippen LogP contribution in [-0.2, 0) is 12.8 Å². The third kappa shape index (κ3) is 2.60. The molecule has 0 radical (unpaired) electrons. The summed E-state index contributed by atoms with van der Waals surface area (Å²) in [4.78, 5) is 20.5. The fraction of sp³-hybridized carbons (Fsp3) is 0.368. The number of hydrogen-bond acceptors (Lipinski definition) is 4. The molecule has 0 N–H and O–H groups in total. The van der Waals surface area contributed by atoms with Crippen molar-refractivity contribution in [2.75, 3.05) is 5.75 Å². The highest BCUT2D eigenvalue weighted by molar-refractivity contribution is 7.99. The molecule has 0 atom stereocenters. The fourth-order valence-electron chi connectivity index (χ4n) is 3.24. The van der Waals surface area contributed by atoms with Crippen LogP contribution in [0.3, 0.4) is 0 Å². The summed E-state index contributed by atoms with van der Waals surface area (Å²) in [5.74, 6) is 0.967. The van der Waals surface area contributed by atoms with Gasteiger partial charge in [-0.2, -0.15) is 0 Å². The molecule has 3 nitrogen and oxygen atoms in total. The second-order valence-electron chi connectivity index (χ2n) is 6.26. The first kappa shape index (κ1) is 15.9. The lowest BCUT2D eigenvalue weighted by Crippen LogP contribution is -2.22. The predicted octanol–water partition coefficient (Wildman–Crippen LogP) is 4.75. The van der Waals surface area contributed by atoms with E-state index in [9.17, 15) is 4.79 Å². The van der Waals surface area contributed by atoms with Crippen molar-refractivity contribution in [3.8, 4) is 5.69 Å². The second kappa shape index (κ2) is 6.37. The SMILES string of the molecule is CCCSc1nc2sc3c(c2c(=O)n1-c1ccc(C)cc1)CCC3. The van der Waals surface area contributed by atoms with E-state index >= 15 is 0 Å². The van der Waals surface area contributed by atoms with Crippen LogP contribution in [0.5, 0.6) is 0 Å². The Kier molecular flexibility index (Phi) is 4.22. The van der Waals surface area contributed by atoms with E-state index in [4.69, 9.17) is 4.98 Å². The van der Waals surface area contributed by atoms with E-state index < -0.39 is 0 Å². The van der Waals surface area contributed by atoms with Gasteiger partial charge < -0.3 is 0 Å². The van der Waals surface area contributed by atoms with Crippen molar-refractivity contribution in [1.82, 2.24) is 9.55 Å². The number of aromatic nitrogens is 2. The Hall–Kier alpha value is -1.59. The molecule has 2 heterocycles. The number of aryl methyl sites for hydroxylation is 3. The lowest BCUT2D eigenvalue weighted by atomic mass is 10.2. The van der Waals surface area contributed by atoms with E-state index in [-0.39, 0.29) is 5.56 Å². The molecule has 0 unspecified atom stereocenters. The topological polar surface area (TPSA) is 34.9 Å². The maximum absolute atomic E-state index is 13.3. The molecule has 3 aromatic rings. The molecule has 4 rings (SSSR count). The van der Waals surface area contributed by atoms with Crippen LogP contribution in [0, 0.1) is 6.92 Å². The Bertz CT molecular complexity index is 954. The zero-order valence-corrected chi connectivity index (χ0v) is 15.6. The quantitative estimate of drug-likeness (QED) is 0.500. The number of hydrogen-bond donors (Lipinski definition) is 0. The van der Waals surface area contributed by atoms with E-state index in [1.165, 1.54) is 16.0 Å². The minimum atomic E-state index is 0.0989. The number of rotatable bonds is 4. The van der Waals surface area contributed by atoms with Crippen LogP contribution < -0.4 is 5.56 Å². The number of fused-ring (bicyclic) bond motifs is 3. The molecule has 0 amide bonds. The molecule has 0 aliphatic heterocycles. The Morgan fingerprint density at radius 3 is 2.79 bits per heavy atom. The molecule has 0 saturated heterocycles. The van der Waals surface area contributed by atoms with Crippen molar-refractivity contribution in [2.45, 2.75) is 44.7 Å². The van der Waals surface area contributed by atoms with Gasteiger partial charge in [-0.15, -0.1) is 11.3 Å². The Labute approximate surface area is 149 Å². The van der Waals surface area contributed by atoms with Crippen molar-refractivity contribution in [3.63, 3.8) is 0 Å². The van der Waals surface area contributed by atoms with E-state index in [0.717, 1.165) is 52.5 Å². The summed E-state index contributed by atoms with van der Waals surface area (Å²) in [6.45, 7) is 4.21. The minimum Gasteiger partial charge on any atom is -0.268 e. The van der Waals surface area contributed by atoms with E-state index in [1.54, 1.807) is 23.1 Å². The number of nitrogens with zero attached hydrogens (tertiary/aromatic N) is 2. The van der Waals surface area contributed by atoms with Crippen LogP contribution in [0.25, 0.3) is 15.9 Å². The predicted molar refractivity (Wildman–Crippen MR) is 103 cm³/mol. The molecule has 0 saturated carbocycles. The molecule has 0 spiro atoms. The molecule has 1 aliphatic rings. The van der Waals surface area contributed by atoms with Crippen molar-refractivity contribution < 1.29 is 0 Å². The Morgan fingerprint density at radius 2 is 2.04 bits per heavy atom.